The van der Waals surface area contributed by atoms with E-state index in [-0.39, 0.29) is 5.91 Å². The van der Waals surface area contributed by atoms with Crippen LogP contribution in [0.2, 0.25) is 0 Å². The van der Waals surface area contributed by atoms with Gasteiger partial charge in [0.15, 0.2) is 0 Å². The number of hydrogen-bond acceptors (Lipinski definition) is 2. The van der Waals surface area contributed by atoms with E-state index in [1.807, 2.05) is 18.2 Å². The Morgan fingerprint density at radius 1 is 1.38 bits per heavy atom. The average molecular weight is 280 g/mol. The highest BCUT2D eigenvalue weighted by atomic mass is 79.9. The Morgan fingerprint density at radius 2 is 2.06 bits per heavy atom. The number of nitrogens with one attached hydrogen (secondary N) is 1. The van der Waals surface area contributed by atoms with Crippen molar-refractivity contribution in [2.24, 2.45) is 7.05 Å². The second kappa shape index (κ2) is 4.49. The fourth-order valence-electron chi connectivity index (χ4n) is 1.32. The zero-order valence-electron chi connectivity index (χ0n) is 8.64. The normalized spacial score (nSPS) is 10.1. The van der Waals surface area contributed by atoms with Gasteiger partial charge in [-0.3, -0.25) is 9.48 Å². The summed E-state index contributed by atoms with van der Waals surface area (Å²) in [6.07, 6.45) is 1.64. The summed E-state index contributed by atoms with van der Waals surface area (Å²) in [5.74, 6) is 0.499. The minimum absolute atomic E-state index is 0.148. The summed E-state index contributed by atoms with van der Waals surface area (Å²) < 4.78 is 2.37. The lowest BCUT2D eigenvalue weighted by Crippen LogP contribution is -2.14. The number of aryl methyl sites for hydroxylation is 1. The van der Waals surface area contributed by atoms with Crippen molar-refractivity contribution in [2.45, 2.75) is 0 Å². The number of rotatable bonds is 2. The molecule has 1 aromatic carbocycles. The molecule has 1 heterocycles. The number of halogens is 1. The van der Waals surface area contributed by atoms with Crippen molar-refractivity contribution in [1.29, 1.82) is 0 Å². The highest BCUT2D eigenvalue weighted by Crippen LogP contribution is 2.21. The molecule has 4 nitrogen and oxygen atoms in total. The first kappa shape index (κ1) is 10.9. The molecule has 0 atom stereocenters. The molecule has 0 spiro atoms. The molecule has 5 heteroatoms. The van der Waals surface area contributed by atoms with E-state index in [0.717, 1.165) is 4.47 Å². The lowest BCUT2D eigenvalue weighted by Gasteiger charge is -2.05. The van der Waals surface area contributed by atoms with Gasteiger partial charge in [-0.15, -0.1) is 0 Å². The molecule has 0 saturated carbocycles. The van der Waals surface area contributed by atoms with Crippen LogP contribution >= 0.6 is 15.9 Å². The zero-order chi connectivity index (χ0) is 11.5. The first-order valence-corrected chi connectivity index (χ1v) is 5.51. The molecular weight excluding hydrogens is 270 g/mol. The van der Waals surface area contributed by atoms with Crippen LogP contribution in [0.15, 0.2) is 41.0 Å². The van der Waals surface area contributed by atoms with Crippen molar-refractivity contribution in [2.75, 3.05) is 5.32 Å². The van der Waals surface area contributed by atoms with Gasteiger partial charge in [0.25, 0.3) is 5.91 Å². The summed E-state index contributed by atoms with van der Waals surface area (Å²) in [6, 6.07) is 9.05. The van der Waals surface area contributed by atoms with E-state index in [2.05, 4.69) is 26.3 Å². The molecule has 1 amide bonds. The number of carbonyl (C=O) groups is 1. The number of amides is 1. The molecule has 1 N–H and O–H groups in total. The van der Waals surface area contributed by atoms with Gasteiger partial charge in [-0.2, -0.15) is 5.10 Å². The van der Waals surface area contributed by atoms with Gasteiger partial charge in [0, 0.05) is 12.6 Å². The molecule has 82 valence electrons. The van der Waals surface area contributed by atoms with Gasteiger partial charge in [0.1, 0.15) is 5.82 Å². The van der Waals surface area contributed by atoms with Gasteiger partial charge in [0.2, 0.25) is 0 Å². The van der Waals surface area contributed by atoms with E-state index in [0.29, 0.717) is 11.4 Å². The third kappa shape index (κ3) is 2.14. The third-order valence-corrected chi connectivity index (χ3v) is 2.74. The monoisotopic (exact) mass is 279 g/mol. The molecule has 0 aliphatic heterocycles. The predicted molar refractivity (Wildman–Crippen MR) is 65.3 cm³/mol. The van der Waals surface area contributed by atoms with Crippen LogP contribution < -0.4 is 5.32 Å². The van der Waals surface area contributed by atoms with Crippen LogP contribution in [0, 0.1) is 0 Å². The summed E-state index contributed by atoms with van der Waals surface area (Å²) in [5.41, 5.74) is 0.621. The molecule has 0 unspecified atom stereocenters. The summed E-state index contributed by atoms with van der Waals surface area (Å²) in [5, 5.41) is 6.81. The molecular formula is C11H10BrN3O. The summed E-state index contributed by atoms with van der Waals surface area (Å²) in [4.78, 5) is 11.8. The number of hydrogen-bond donors (Lipinski definition) is 1. The Kier molecular flexibility index (Phi) is 3.05. The van der Waals surface area contributed by atoms with Crippen molar-refractivity contribution in [1.82, 2.24) is 9.78 Å². The SMILES string of the molecule is Cn1ncc(Br)c1NC(=O)c1ccccc1. The van der Waals surface area contributed by atoms with E-state index < -0.39 is 0 Å². The second-order valence-corrected chi connectivity index (χ2v) is 4.14. The number of benzene rings is 1. The Labute approximate surface area is 101 Å². The van der Waals surface area contributed by atoms with E-state index in [1.54, 1.807) is 30.1 Å². The van der Waals surface area contributed by atoms with Gasteiger partial charge < -0.3 is 5.32 Å². The van der Waals surface area contributed by atoms with Crippen molar-refractivity contribution in [3.05, 3.63) is 46.6 Å². The Morgan fingerprint density at radius 3 is 2.62 bits per heavy atom. The molecule has 16 heavy (non-hydrogen) atoms. The summed E-state index contributed by atoms with van der Waals surface area (Å²) in [6.45, 7) is 0. The van der Waals surface area contributed by atoms with Crippen LogP contribution in [-0.4, -0.2) is 15.7 Å². The number of anilines is 1. The summed E-state index contributed by atoms with van der Waals surface area (Å²) in [7, 11) is 1.77. The van der Waals surface area contributed by atoms with Crippen molar-refractivity contribution in [3.63, 3.8) is 0 Å². The van der Waals surface area contributed by atoms with Crippen LogP contribution in [0.4, 0.5) is 5.82 Å². The second-order valence-electron chi connectivity index (χ2n) is 3.28. The highest BCUT2D eigenvalue weighted by Gasteiger charge is 2.10. The van der Waals surface area contributed by atoms with Gasteiger partial charge in [-0.1, -0.05) is 18.2 Å². The van der Waals surface area contributed by atoms with Crippen molar-refractivity contribution in [3.8, 4) is 0 Å². The van der Waals surface area contributed by atoms with Crippen LogP contribution in [0.25, 0.3) is 0 Å². The van der Waals surface area contributed by atoms with Gasteiger partial charge >= 0.3 is 0 Å². The number of aromatic nitrogens is 2. The fraction of sp³-hybridized carbons (Fsp3) is 0.0909. The quantitative estimate of drug-likeness (QED) is 0.918. The predicted octanol–water partition coefficient (Wildman–Crippen LogP) is 2.43. The average Bonchev–Trinajstić information content (AvgIpc) is 2.62. The fourth-order valence-corrected chi connectivity index (χ4v) is 1.77. The van der Waals surface area contributed by atoms with Crippen LogP contribution in [0.5, 0.6) is 0 Å². The standard InChI is InChI=1S/C11H10BrN3O/c1-15-10(9(12)7-13-15)14-11(16)8-5-3-2-4-6-8/h2-7H,1H3,(H,14,16). The van der Waals surface area contributed by atoms with Gasteiger partial charge in [0.05, 0.1) is 10.7 Å². The van der Waals surface area contributed by atoms with Gasteiger partial charge in [-0.05, 0) is 28.1 Å². The van der Waals surface area contributed by atoms with Crippen LogP contribution in [0.3, 0.4) is 0 Å². The van der Waals surface area contributed by atoms with Crippen LogP contribution in [0.1, 0.15) is 10.4 Å². The molecule has 0 bridgehead atoms. The molecule has 2 rings (SSSR count). The minimum atomic E-state index is -0.148. The topological polar surface area (TPSA) is 46.9 Å². The third-order valence-electron chi connectivity index (χ3n) is 2.16. The highest BCUT2D eigenvalue weighted by molar-refractivity contribution is 9.10. The maximum Gasteiger partial charge on any atom is 0.256 e. The number of nitrogens with zero attached hydrogens (tertiary/aromatic N) is 2. The zero-order valence-corrected chi connectivity index (χ0v) is 10.2. The van der Waals surface area contributed by atoms with Crippen molar-refractivity contribution < 1.29 is 4.79 Å². The molecule has 0 radical (unpaired) electrons. The van der Waals surface area contributed by atoms with Crippen molar-refractivity contribution >= 4 is 27.7 Å². The van der Waals surface area contributed by atoms with E-state index in [1.165, 1.54) is 0 Å². The first-order chi connectivity index (χ1) is 7.68. The molecule has 1 aromatic heterocycles. The number of carbonyl (C=O) groups excluding carboxylic acids is 1. The van der Waals surface area contributed by atoms with E-state index in [4.69, 9.17) is 0 Å². The Balaban J connectivity index is 2.21. The lowest BCUT2D eigenvalue weighted by atomic mass is 10.2. The van der Waals surface area contributed by atoms with Crippen LogP contribution in [-0.2, 0) is 7.05 Å². The first-order valence-electron chi connectivity index (χ1n) is 4.72. The summed E-state index contributed by atoms with van der Waals surface area (Å²) >= 11 is 3.32. The Bertz CT molecular complexity index is 488. The van der Waals surface area contributed by atoms with Gasteiger partial charge in [-0.25, -0.2) is 0 Å². The maximum absolute atomic E-state index is 11.8. The Hall–Kier alpha value is -1.62. The molecule has 0 fully saturated rings. The van der Waals surface area contributed by atoms with E-state index >= 15 is 0 Å². The largest absolute Gasteiger partial charge is 0.306 e. The lowest BCUT2D eigenvalue weighted by molar-refractivity contribution is 0.102. The molecule has 0 aliphatic carbocycles. The van der Waals surface area contributed by atoms with E-state index in [9.17, 15) is 4.79 Å². The smallest absolute Gasteiger partial charge is 0.256 e. The molecule has 0 aliphatic rings. The minimum Gasteiger partial charge on any atom is -0.306 e. The molecule has 2 aromatic rings. The maximum atomic E-state index is 11.8. The molecule has 0 saturated heterocycles.